The number of nitrogens with zero attached hydrogens (tertiary/aromatic N) is 1. The zero-order chi connectivity index (χ0) is 15.2. The van der Waals surface area contributed by atoms with Crippen molar-refractivity contribution in [2.24, 2.45) is 0 Å². The Morgan fingerprint density at radius 1 is 1.29 bits per heavy atom. The van der Waals surface area contributed by atoms with Crippen molar-refractivity contribution in [2.45, 2.75) is 50.9 Å². The number of carbonyl (C=O) groups excluding carboxylic acids is 1. The van der Waals surface area contributed by atoms with E-state index in [-0.39, 0.29) is 18.2 Å². The third-order valence-electron chi connectivity index (χ3n) is 3.98. The summed E-state index contributed by atoms with van der Waals surface area (Å²) in [5, 5.41) is 11.7. The number of ether oxygens (including phenoxy) is 2. The molecule has 0 radical (unpaired) electrons. The Labute approximate surface area is 124 Å². The molecule has 2 rings (SSSR count). The van der Waals surface area contributed by atoms with Gasteiger partial charge in [-0.1, -0.05) is 0 Å². The second-order valence-corrected chi connectivity index (χ2v) is 5.52. The molecule has 2 aliphatic heterocycles. The van der Waals surface area contributed by atoms with E-state index < -0.39 is 12.1 Å². The molecule has 2 aliphatic rings. The van der Waals surface area contributed by atoms with Gasteiger partial charge < -0.3 is 24.8 Å². The monoisotopic (exact) mass is 300 g/mol. The molecule has 7 nitrogen and oxygen atoms in total. The number of hydrogen-bond donors (Lipinski definition) is 2. The van der Waals surface area contributed by atoms with E-state index in [2.05, 4.69) is 5.32 Å². The molecule has 2 saturated heterocycles. The maximum atomic E-state index is 12.1. The predicted molar refractivity (Wildman–Crippen MR) is 75.2 cm³/mol. The molecule has 0 aromatic carbocycles. The summed E-state index contributed by atoms with van der Waals surface area (Å²) >= 11 is 0. The lowest BCUT2D eigenvalue weighted by molar-refractivity contribution is -0.149. The van der Waals surface area contributed by atoms with Gasteiger partial charge in [0, 0.05) is 26.2 Å². The van der Waals surface area contributed by atoms with Crippen LogP contribution < -0.4 is 5.32 Å². The van der Waals surface area contributed by atoms with Crippen LogP contribution in [0.5, 0.6) is 0 Å². The number of carboxylic acids is 1. The highest BCUT2D eigenvalue weighted by molar-refractivity contribution is 5.74. The Morgan fingerprint density at radius 2 is 2.10 bits per heavy atom. The summed E-state index contributed by atoms with van der Waals surface area (Å²) in [7, 11) is 0. The standard InChI is InChI=1S/C14H24N2O5/c1-2-16(9-11-4-3-7-20-11)14(19)15-8-10-5-6-12(21-10)13(17)18/h10-12H,2-9H2,1H3,(H,15,19)(H,17,18). The molecule has 0 aliphatic carbocycles. The zero-order valence-corrected chi connectivity index (χ0v) is 12.4. The van der Waals surface area contributed by atoms with Crippen LogP contribution in [0.25, 0.3) is 0 Å². The van der Waals surface area contributed by atoms with Gasteiger partial charge in [0.05, 0.1) is 12.2 Å². The molecule has 0 aromatic rings. The van der Waals surface area contributed by atoms with Gasteiger partial charge in [0.25, 0.3) is 0 Å². The molecule has 0 aromatic heterocycles. The number of rotatable bonds is 6. The molecule has 2 N–H and O–H groups in total. The summed E-state index contributed by atoms with van der Waals surface area (Å²) in [4.78, 5) is 24.6. The van der Waals surface area contributed by atoms with E-state index in [1.807, 2.05) is 6.92 Å². The van der Waals surface area contributed by atoms with E-state index in [9.17, 15) is 9.59 Å². The predicted octanol–water partition coefficient (Wildman–Crippen LogP) is 0.829. The molecule has 3 atom stereocenters. The zero-order valence-electron chi connectivity index (χ0n) is 12.4. The third-order valence-corrected chi connectivity index (χ3v) is 3.98. The molecule has 21 heavy (non-hydrogen) atoms. The van der Waals surface area contributed by atoms with Gasteiger partial charge in [-0.2, -0.15) is 0 Å². The van der Waals surface area contributed by atoms with E-state index in [0.717, 1.165) is 19.4 Å². The van der Waals surface area contributed by atoms with Crippen molar-refractivity contribution in [1.29, 1.82) is 0 Å². The molecular weight excluding hydrogens is 276 g/mol. The number of nitrogens with one attached hydrogen (secondary N) is 1. The maximum Gasteiger partial charge on any atom is 0.332 e. The van der Waals surface area contributed by atoms with Gasteiger partial charge in [-0.15, -0.1) is 0 Å². The van der Waals surface area contributed by atoms with Gasteiger partial charge >= 0.3 is 12.0 Å². The van der Waals surface area contributed by atoms with Gasteiger partial charge in [-0.25, -0.2) is 9.59 Å². The number of carbonyl (C=O) groups is 2. The second kappa shape index (κ2) is 7.61. The fraction of sp³-hybridized carbons (Fsp3) is 0.857. The number of hydrogen-bond acceptors (Lipinski definition) is 4. The SMILES string of the molecule is CCN(CC1CCCO1)C(=O)NCC1CCC(C(=O)O)O1. The molecule has 2 fully saturated rings. The average molecular weight is 300 g/mol. The summed E-state index contributed by atoms with van der Waals surface area (Å²) in [5.41, 5.74) is 0. The molecule has 0 saturated carbocycles. The summed E-state index contributed by atoms with van der Waals surface area (Å²) in [6.07, 6.45) is 2.40. The highest BCUT2D eigenvalue weighted by Crippen LogP contribution is 2.19. The van der Waals surface area contributed by atoms with E-state index in [1.165, 1.54) is 0 Å². The maximum absolute atomic E-state index is 12.1. The summed E-state index contributed by atoms with van der Waals surface area (Å²) < 4.78 is 10.9. The van der Waals surface area contributed by atoms with Crippen molar-refractivity contribution in [3.63, 3.8) is 0 Å². The van der Waals surface area contributed by atoms with Crippen LogP contribution in [0.1, 0.15) is 32.6 Å². The summed E-state index contributed by atoms with van der Waals surface area (Å²) in [6.45, 7) is 4.28. The number of aliphatic carboxylic acids is 1. The van der Waals surface area contributed by atoms with E-state index in [0.29, 0.717) is 32.5 Å². The summed E-state index contributed by atoms with van der Waals surface area (Å²) in [5.74, 6) is -0.933. The Kier molecular flexibility index (Phi) is 5.81. The van der Waals surface area contributed by atoms with Crippen molar-refractivity contribution < 1.29 is 24.2 Å². The fourth-order valence-electron chi connectivity index (χ4n) is 2.74. The van der Waals surface area contributed by atoms with Crippen LogP contribution in [0.15, 0.2) is 0 Å². The first kappa shape index (κ1) is 16.0. The minimum Gasteiger partial charge on any atom is -0.479 e. The van der Waals surface area contributed by atoms with Crippen LogP contribution in [0.4, 0.5) is 4.79 Å². The van der Waals surface area contributed by atoms with E-state index in [4.69, 9.17) is 14.6 Å². The Morgan fingerprint density at radius 3 is 2.67 bits per heavy atom. The van der Waals surface area contributed by atoms with Crippen molar-refractivity contribution in [2.75, 3.05) is 26.2 Å². The summed E-state index contributed by atoms with van der Waals surface area (Å²) in [6, 6.07) is -0.143. The third kappa shape index (κ3) is 4.57. The number of urea groups is 1. The Balaban J connectivity index is 1.71. The first-order valence-electron chi connectivity index (χ1n) is 7.62. The number of carboxylic acid groups (broad SMARTS) is 1. The average Bonchev–Trinajstić information content (AvgIpc) is 3.13. The van der Waals surface area contributed by atoms with Crippen molar-refractivity contribution in [1.82, 2.24) is 10.2 Å². The minimum atomic E-state index is -0.933. The normalized spacial score (nSPS) is 28.5. The van der Waals surface area contributed by atoms with E-state index >= 15 is 0 Å². The molecular formula is C14H24N2O5. The number of likely N-dealkylation sites (N-methyl/N-ethyl adjacent to an activating group) is 1. The van der Waals surface area contributed by atoms with Gasteiger partial charge in [0.2, 0.25) is 0 Å². The molecule has 0 bridgehead atoms. The molecule has 3 unspecified atom stereocenters. The molecule has 2 amide bonds. The van der Waals surface area contributed by atoms with Crippen molar-refractivity contribution in [3.8, 4) is 0 Å². The lowest BCUT2D eigenvalue weighted by atomic mass is 10.2. The van der Waals surface area contributed by atoms with Crippen LogP contribution >= 0.6 is 0 Å². The van der Waals surface area contributed by atoms with Crippen LogP contribution in [-0.4, -0.2) is 66.6 Å². The highest BCUT2D eigenvalue weighted by atomic mass is 16.5. The lowest BCUT2D eigenvalue weighted by Crippen LogP contribution is -2.45. The highest BCUT2D eigenvalue weighted by Gasteiger charge is 2.31. The van der Waals surface area contributed by atoms with Gasteiger partial charge in [-0.3, -0.25) is 0 Å². The first-order valence-corrected chi connectivity index (χ1v) is 7.62. The van der Waals surface area contributed by atoms with E-state index in [1.54, 1.807) is 4.90 Å². The van der Waals surface area contributed by atoms with Crippen LogP contribution in [0, 0.1) is 0 Å². The topological polar surface area (TPSA) is 88.1 Å². The van der Waals surface area contributed by atoms with Crippen LogP contribution in [-0.2, 0) is 14.3 Å². The molecule has 2 heterocycles. The second-order valence-electron chi connectivity index (χ2n) is 5.52. The van der Waals surface area contributed by atoms with Crippen molar-refractivity contribution >= 4 is 12.0 Å². The molecule has 120 valence electrons. The lowest BCUT2D eigenvalue weighted by Gasteiger charge is -2.25. The Hall–Kier alpha value is -1.34. The molecule has 7 heteroatoms. The quantitative estimate of drug-likeness (QED) is 0.758. The first-order chi connectivity index (χ1) is 10.1. The van der Waals surface area contributed by atoms with Crippen LogP contribution in [0.3, 0.4) is 0 Å². The van der Waals surface area contributed by atoms with Crippen molar-refractivity contribution in [3.05, 3.63) is 0 Å². The smallest absolute Gasteiger partial charge is 0.332 e. The van der Waals surface area contributed by atoms with Gasteiger partial charge in [0.15, 0.2) is 6.10 Å². The largest absolute Gasteiger partial charge is 0.479 e. The number of amides is 2. The Bertz CT molecular complexity index is 370. The van der Waals surface area contributed by atoms with Crippen LogP contribution in [0.2, 0.25) is 0 Å². The minimum absolute atomic E-state index is 0.134. The molecule has 0 spiro atoms. The van der Waals surface area contributed by atoms with Gasteiger partial charge in [-0.05, 0) is 32.6 Å². The fourth-order valence-corrected chi connectivity index (χ4v) is 2.74. The van der Waals surface area contributed by atoms with Gasteiger partial charge in [0.1, 0.15) is 0 Å².